The summed E-state index contributed by atoms with van der Waals surface area (Å²) in [5, 5.41) is 6.53. The molecule has 5 heteroatoms. The highest BCUT2D eigenvalue weighted by molar-refractivity contribution is 7.12. The largest absolute Gasteiger partial charge is 0.352 e. The summed E-state index contributed by atoms with van der Waals surface area (Å²) in [5.74, 6) is 0.789. The van der Waals surface area contributed by atoms with E-state index in [1.807, 2.05) is 11.3 Å². The number of rotatable bonds is 5. The highest BCUT2D eigenvalue weighted by atomic mass is 35.5. The maximum Gasteiger partial charge on any atom is 0.220 e. The SMILES string of the molecule is Cc1cc(CCCC(=O)NC2CNCCC2C)c(C)s1.Cl. The van der Waals surface area contributed by atoms with Gasteiger partial charge >= 0.3 is 0 Å². The fourth-order valence-electron chi connectivity index (χ4n) is 2.83. The molecule has 1 aromatic heterocycles. The van der Waals surface area contributed by atoms with Crippen LogP contribution in [0.4, 0.5) is 0 Å². The molecule has 2 atom stereocenters. The molecule has 0 saturated carbocycles. The minimum atomic E-state index is 0. The Bertz CT molecular complexity index is 461. The van der Waals surface area contributed by atoms with Crippen molar-refractivity contribution in [2.24, 2.45) is 5.92 Å². The van der Waals surface area contributed by atoms with Gasteiger partial charge in [0.2, 0.25) is 5.91 Å². The molecular formula is C16H27ClN2OS. The van der Waals surface area contributed by atoms with Gasteiger partial charge in [-0.05, 0) is 57.2 Å². The lowest BCUT2D eigenvalue weighted by Gasteiger charge is -2.30. The number of thiophene rings is 1. The summed E-state index contributed by atoms with van der Waals surface area (Å²) in [5.41, 5.74) is 1.41. The molecule has 1 aromatic rings. The molecule has 1 aliphatic heterocycles. The summed E-state index contributed by atoms with van der Waals surface area (Å²) in [7, 11) is 0. The van der Waals surface area contributed by atoms with Crippen molar-refractivity contribution in [3.63, 3.8) is 0 Å². The van der Waals surface area contributed by atoms with Gasteiger partial charge < -0.3 is 10.6 Å². The highest BCUT2D eigenvalue weighted by Gasteiger charge is 2.22. The first kappa shape index (κ1) is 18.5. The van der Waals surface area contributed by atoms with Crippen LogP contribution in [0, 0.1) is 19.8 Å². The third-order valence-corrected chi connectivity index (χ3v) is 5.18. The zero-order valence-corrected chi connectivity index (χ0v) is 14.8. The predicted octanol–water partition coefficient (Wildman–Crippen LogP) is 3.22. The van der Waals surface area contributed by atoms with Crippen molar-refractivity contribution in [3.05, 3.63) is 21.4 Å². The maximum atomic E-state index is 12.0. The van der Waals surface area contributed by atoms with Crippen LogP contribution < -0.4 is 10.6 Å². The van der Waals surface area contributed by atoms with Gasteiger partial charge in [-0.1, -0.05) is 6.92 Å². The van der Waals surface area contributed by atoms with Gasteiger partial charge in [0.1, 0.15) is 0 Å². The van der Waals surface area contributed by atoms with Crippen LogP contribution in [0.3, 0.4) is 0 Å². The van der Waals surface area contributed by atoms with Gasteiger partial charge in [-0.15, -0.1) is 23.7 Å². The molecule has 1 amide bonds. The number of aryl methyl sites for hydroxylation is 3. The summed E-state index contributed by atoms with van der Waals surface area (Å²) in [6.07, 6.45) is 3.75. The molecule has 3 nitrogen and oxygen atoms in total. The summed E-state index contributed by atoms with van der Waals surface area (Å²) >= 11 is 1.85. The van der Waals surface area contributed by atoms with E-state index in [0.29, 0.717) is 18.4 Å². The number of hydrogen-bond donors (Lipinski definition) is 2. The molecule has 0 bridgehead atoms. The van der Waals surface area contributed by atoms with Crippen LogP contribution in [-0.4, -0.2) is 25.0 Å². The summed E-state index contributed by atoms with van der Waals surface area (Å²) in [4.78, 5) is 14.8. The van der Waals surface area contributed by atoms with E-state index in [-0.39, 0.29) is 18.3 Å². The van der Waals surface area contributed by atoms with Gasteiger partial charge in [0, 0.05) is 28.8 Å². The predicted molar refractivity (Wildman–Crippen MR) is 92.6 cm³/mol. The average molecular weight is 331 g/mol. The van der Waals surface area contributed by atoms with Crippen molar-refractivity contribution in [1.82, 2.24) is 10.6 Å². The molecule has 2 rings (SSSR count). The number of carbonyl (C=O) groups excluding carboxylic acids is 1. The molecule has 1 aliphatic rings. The molecule has 0 radical (unpaired) electrons. The normalized spacial score (nSPS) is 21.7. The Kier molecular flexibility index (Phi) is 7.71. The first-order valence-electron chi connectivity index (χ1n) is 7.62. The second kappa shape index (κ2) is 8.76. The van der Waals surface area contributed by atoms with Crippen LogP contribution in [0.25, 0.3) is 0 Å². The lowest BCUT2D eigenvalue weighted by molar-refractivity contribution is -0.122. The van der Waals surface area contributed by atoms with Gasteiger partial charge in [0.25, 0.3) is 0 Å². The minimum absolute atomic E-state index is 0. The number of carbonyl (C=O) groups is 1. The Morgan fingerprint density at radius 3 is 2.86 bits per heavy atom. The zero-order chi connectivity index (χ0) is 14.5. The molecule has 21 heavy (non-hydrogen) atoms. The first-order valence-corrected chi connectivity index (χ1v) is 8.44. The molecule has 120 valence electrons. The fraction of sp³-hybridized carbons (Fsp3) is 0.688. The fourth-order valence-corrected chi connectivity index (χ4v) is 3.81. The molecule has 2 N–H and O–H groups in total. The highest BCUT2D eigenvalue weighted by Crippen LogP contribution is 2.22. The Labute approximate surface area is 138 Å². The molecule has 0 aliphatic carbocycles. The summed E-state index contributed by atoms with van der Waals surface area (Å²) in [6, 6.07) is 2.56. The van der Waals surface area contributed by atoms with Gasteiger partial charge in [-0.25, -0.2) is 0 Å². The van der Waals surface area contributed by atoms with Gasteiger partial charge in [0.05, 0.1) is 0 Å². The Morgan fingerprint density at radius 2 is 2.24 bits per heavy atom. The van der Waals surface area contributed by atoms with Crippen LogP contribution in [0.5, 0.6) is 0 Å². The van der Waals surface area contributed by atoms with Crippen LogP contribution in [0.1, 0.15) is 41.5 Å². The van der Waals surface area contributed by atoms with Crippen molar-refractivity contribution in [1.29, 1.82) is 0 Å². The quantitative estimate of drug-likeness (QED) is 0.870. The van der Waals surface area contributed by atoms with Crippen LogP contribution in [0.2, 0.25) is 0 Å². The van der Waals surface area contributed by atoms with Crippen molar-refractivity contribution in [3.8, 4) is 0 Å². The van der Waals surface area contributed by atoms with E-state index in [1.165, 1.54) is 15.3 Å². The second-order valence-electron chi connectivity index (χ2n) is 5.94. The molecule has 2 unspecified atom stereocenters. The molecule has 1 saturated heterocycles. The number of amides is 1. The zero-order valence-electron chi connectivity index (χ0n) is 13.2. The monoisotopic (exact) mass is 330 g/mol. The lowest BCUT2D eigenvalue weighted by atomic mass is 9.94. The standard InChI is InChI=1S/C16H26N2OS.ClH/c1-11-7-8-17-10-15(11)18-16(19)6-4-5-14-9-12(2)20-13(14)3;/h9,11,15,17H,4-8,10H2,1-3H3,(H,18,19);1H. The molecule has 0 spiro atoms. The second-order valence-corrected chi connectivity index (χ2v) is 7.40. The number of piperidine rings is 1. The number of nitrogens with one attached hydrogen (secondary N) is 2. The van der Waals surface area contributed by atoms with Gasteiger partial charge in [-0.3, -0.25) is 4.79 Å². The lowest BCUT2D eigenvalue weighted by Crippen LogP contribution is -2.50. The van der Waals surface area contributed by atoms with E-state index in [4.69, 9.17) is 0 Å². The third-order valence-electron chi connectivity index (χ3n) is 4.17. The average Bonchev–Trinajstić information content (AvgIpc) is 2.71. The van der Waals surface area contributed by atoms with E-state index in [9.17, 15) is 4.79 Å². The first-order chi connectivity index (χ1) is 9.56. The van der Waals surface area contributed by atoms with Gasteiger partial charge in [-0.2, -0.15) is 0 Å². The third kappa shape index (κ3) is 5.61. The Hall–Kier alpha value is -0.580. The molecular weight excluding hydrogens is 304 g/mol. The molecule has 2 heterocycles. The summed E-state index contributed by atoms with van der Waals surface area (Å²) < 4.78 is 0. The van der Waals surface area contributed by atoms with Crippen LogP contribution >= 0.6 is 23.7 Å². The van der Waals surface area contributed by atoms with Crippen LogP contribution in [0.15, 0.2) is 6.07 Å². The number of hydrogen-bond acceptors (Lipinski definition) is 3. The van der Waals surface area contributed by atoms with Crippen molar-refractivity contribution in [2.75, 3.05) is 13.1 Å². The van der Waals surface area contributed by atoms with E-state index in [2.05, 4.69) is 37.5 Å². The van der Waals surface area contributed by atoms with E-state index in [0.717, 1.165) is 32.4 Å². The molecule has 1 fully saturated rings. The topological polar surface area (TPSA) is 41.1 Å². The summed E-state index contributed by atoms with van der Waals surface area (Å²) in [6.45, 7) is 8.52. The molecule has 0 aromatic carbocycles. The van der Waals surface area contributed by atoms with Gasteiger partial charge in [0.15, 0.2) is 0 Å². The van der Waals surface area contributed by atoms with E-state index < -0.39 is 0 Å². The van der Waals surface area contributed by atoms with Crippen molar-refractivity contribution >= 4 is 29.7 Å². The van der Waals surface area contributed by atoms with Crippen molar-refractivity contribution < 1.29 is 4.79 Å². The minimum Gasteiger partial charge on any atom is -0.352 e. The van der Waals surface area contributed by atoms with E-state index >= 15 is 0 Å². The van der Waals surface area contributed by atoms with Crippen LogP contribution in [-0.2, 0) is 11.2 Å². The maximum absolute atomic E-state index is 12.0. The Balaban J connectivity index is 0.00000220. The van der Waals surface area contributed by atoms with E-state index in [1.54, 1.807) is 0 Å². The smallest absolute Gasteiger partial charge is 0.220 e. The van der Waals surface area contributed by atoms with Crippen molar-refractivity contribution in [2.45, 2.75) is 52.5 Å². The number of halogens is 1. The Morgan fingerprint density at radius 1 is 1.48 bits per heavy atom.